The zero-order valence-corrected chi connectivity index (χ0v) is 13.0. The molecule has 1 rings (SSSR count). The van der Waals surface area contributed by atoms with E-state index in [1.54, 1.807) is 13.8 Å². The van der Waals surface area contributed by atoms with E-state index in [0.717, 1.165) is 25.7 Å². The molecule has 6 nitrogen and oxygen atoms in total. The highest BCUT2D eigenvalue weighted by Crippen LogP contribution is 2.43. The van der Waals surface area contributed by atoms with Gasteiger partial charge in [-0.2, -0.15) is 0 Å². The molecule has 0 aromatic carbocycles. The lowest BCUT2D eigenvalue weighted by atomic mass is 9.79. The molecule has 0 saturated heterocycles. The lowest BCUT2D eigenvalue weighted by Gasteiger charge is -2.28. The van der Waals surface area contributed by atoms with Crippen molar-refractivity contribution < 1.29 is 19.8 Å². The van der Waals surface area contributed by atoms with Gasteiger partial charge in [0.15, 0.2) is 0 Å². The maximum atomic E-state index is 12.0. The van der Waals surface area contributed by atoms with Crippen LogP contribution in [0.15, 0.2) is 0 Å². The molecule has 0 heterocycles. The van der Waals surface area contributed by atoms with Crippen LogP contribution in [0.1, 0.15) is 52.4 Å². The van der Waals surface area contributed by atoms with Crippen LogP contribution in [0, 0.1) is 5.41 Å². The van der Waals surface area contributed by atoms with E-state index in [1.807, 2.05) is 0 Å². The van der Waals surface area contributed by atoms with Gasteiger partial charge >= 0.3 is 0 Å². The van der Waals surface area contributed by atoms with Crippen molar-refractivity contribution in [3.63, 3.8) is 0 Å². The fraction of sp³-hybridized carbons (Fsp3) is 0.867. The molecular formula is C15H28N2O4. The van der Waals surface area contributed by atoms with Crippen LogP contribution in [-0.2, 0) is 9.59 Å². The average Bonchev–Trinajstić information content (AvgIpc) is 2.82. The Morgan fingerprint density at radius 3 is 1.67 bits per heavy atom. The summed E-state index contributed by atoms with van der Waals surface area (Å²) < 4.78 is 0. The third-order valence-corrected chi connectivity index (χ3v) is 3.92. The Balaban J connectivity index is 2.50. The molecule has 2 atom stereocenters. The minimum absolute atomic E-state index is 0.110. The van der Waals surface area contributed by atoms with Gasteiger partial charge in [0.1, 0.15) is 0 Å². The molecule has 0 unspecified atom stereocenters. The Morgan fingerprint density at radius 1 is 0.952 bits per heavy atom. The number of aliphatic hydroxyl groups is 2. The first-order chi connectivity index (χ1) is 9.83. The Morgan fingerprint density at radius 2 is 1.33 bits per heavy atom. The van der Waals surface area contributed by atoms with Crippen molar-refractivity contribution in [1.82, 2.24) is 10.6 Å². The summed E-state index contributed by atoms with van der Waals surface area (Å²) >= 11 is 0. The van der Waals surface area contributed by atoms with E-state index in [0.29, 0.717) is 12.8 Å². The second-order valence-corrected chi connectivity index (χ2v) is 6.37. The second-order valence-electron chi connectivity index (χ2n) is 6.37. The summed E-state index contributed by atoms with van der Waals surface area (Å²) in [6.07, 6.45) is 3.32. The van der Waals surface area contributed by atoms with Gasteiger partial charge in [-0.05, 0) is 32.1 Å². The van der Waals surface area contributed by atoms with Crippen LogP contribution in [0.5, 0.6) is 0 Å². The molecule has 0 aromatic heterocycles. The summed E-state index contributed by atoms with van der Waals surface area (Å²) in [5.74, 6) is -0.220. The topological polar surface area (TPSA) is 98.7 Å². The lowest BCUT2D eigenvalue weighted by Crippen LogP contribution is -2.38. The second kappa shape index (κ2) is 8.34. The minimum atomic E-state index is -0.567. The average molecular weight is 300 g/mol. The van der Waals surface area contributed by atoms with E-state index < -0.39 is 12.2 Å². The molecule has 1 saturated carbocycles. The van der Waals surface area contributed by atoms with Gasteiger partial charge in [0.05, 0.1) is 12.2 Å². The first kappa shape index (κ1) is 17.9. The van der Waals surface area contributed by atoms with E-state index in [-0.39, 0.29) is 30.3 Å². The summed E-state index contributed by atoms with van der Waals surface area (Å²) in [7, 11) is 0. The van der Waals surface area contributed by atoms with Crippen LogP contribution in [-0.4, -0.2) is 47.3 Å². The molecule has 21 heavy (non-hydrogen) atoms. The number of aliphatic hydroxyl groups excluding tert-OH is 2. The maximum Gasteiger partial charge on any atom is 0.220 e. The van der Waals surface area contributed by atoms with Crippen LogP contribution < -0.4 is 10.6 Å². The van der Waals surface area contributed by atoms with Crippen molar-refractivity contribution >= 4 is 11.8 Å². The fourth-order valence-electron chi connectivity index (χ4n) is 2.87. The standard InChI is InChI=1S/C15H28N2O4/c1-11(18)9-16-13(20)7-15(5-3-4-6-15)8-14(21)17-10-12(2)19/h11-12,18-19H,3-10H2,1-2H3,(H,16,20)(H,17,21)/t11-,12-/m1/s1. The number of hydrogen-bond donors (Lipinski definition) is 4. The highest BCUT2D eigenvalue weighted by Gasteiger charge is 2.37. The first-order valence-corrected chi connectivity index (χ1v) is 7.72. The molecule has 1 aliphatic carbocycles. The van der Waals surface area contributed by atoms with Crippen LogP contribution >= 0.6 is 0 Å². The monoisotopic (exact) mass is 300 g/mol. The van der Waals surface area contributed by atoms with Crippen molar-refractivity contribution in [1.29, 1.82) is 0 Å². The molecular weight excluding hydrogens is 272 g/mol. The highest BCUT2D eigenvalue weighted by atomic mass is 16.3. The summed E-state index contributed by atoms with van der Waals surface area (Å²) in [6, 6.07) is 0. The predicted octanol–water partition coefficient (Wildman–Crippen LogP) is 0.321. The molecule has 2 amide bonds. The molecule has 1 aliphatic rings. The zero-order chi connectivity index (χ0) is 15.9. The van der Waals surface area contributed by atoms with Crippen LogP contribution in [0.4, 0.5) is 0 Å². The molecule has 1 fully saturated rings. The Bertz CT molecular complexity index is 322. The summed E-state index contributed by atoms with van der Waals surface area (Å²) in [5, 5.41) is 23.8. The van der Waals surface area contributed by atoms with Gasteiger partial charge in [0.2, 0.25) is 11.8 Å². The van der Waals surface area contributed by atoms with Gasteiger partial charge in [-0.3, -0.25) is 9.59 Å². The highest BCUT2D eigenvalue weighted by molar-refractivity contribution is 5.80. The predicted molar refractivity (Wildman–Crippen MR) is 79.5 cm³/mol. The van der Waals surface area contributed by atoms with Gasteiger partial charge in [-0.25, -0.2) is 0 Å². The smallest absolute Gasteiger partial charge is 0.220 e. The van der Waals surface area contributed by atoms with Crippen LogP contribution in [0.3, 0.4) is 0 Å². The largest absolute Gasteiger partial charge is 0.392 e. The number of carbonyl (C=O) groups is 2. The van der Waals surface area contributed by atoms with Crippen molar-refractivity contribution in [3.8, 4) is 0 Å². The van der Waals surface area contributed by atoms with E-state index in [2.05, 4.69) is 10.6 Å². The lowest BCUT2D eigenvalue weighted by molar-refractivity contribution is -0.127. The van der Waals surface area contributed by atoms with Gasteiger partial charge in [-0.15, -0.1) is 0 Å². The van der Waals surface area contributed by atoms with Crippen molar-refractivity contribution in [2.45, 2.75) is 64.6 Å². The molecule has 0 radical (unpaired) electrons. The maximum absolute atomic E-state index is 12.0. The van der Waals surface area contributed by atoms with E-state index in [9.17, 15) is 19.8 Å². The molecule has 0 aromatic rings. The van der Waals surface area contributed by atoms with Crippen molar-refractivity contribution in [2.75, 3.05) is 13.1 Å². The fourth-order valence-corrected chi connectivity index (χ4v) is 2.87. The summed E-state index contributed by atoms with van der Waals surface area (Å²) in [6.45, 7) is 3.72. The molecule has 122 valence electrons. The Hall–Kier alpha value is -1.14. The molecule has 0 spiro atoms. The number of rotatable bonds is 8. The van der Waals surface area contributed by atoms with E-state index in [4.69, 9.17) is 0 Å². The van der Waals surface area contributed by atoms with Crippen LogP contribution in [0.2, 0.25) is 0 Å². The van der Waals surface area contributed by atoms with Gasteiger partial charge < -0.3 is 20.8 Å². The van der Waals surface area contributed by atoms with E-state index in [1.165, 1.54) is 0 Å². The number of nitrogens with one attached hydrogen (secondary N) is 2. The van der Waals surface area contributed by atoms with Gasteiger partial charge in [-0.1, -0.05) is 12.8 Å². The SMILES string of the molecule is C[C@@H](O)CNC(=O)CC1(CC(=O)NC[C@@H](C)O)CCCC1. The van der Waals surface area contributed by atoms with Crippen LogP contribution in [0.25, 0.3) is 0 Å². The normalized spacial score (nSPS) is 19.8. The van der Waals surface area contributed by atoms with E-state index >= 15 is 0 Å². The van der Waals surface area contributed by atoms with Crippen molar-refractivity contribution in [2.24, 2.45) is 5.41 Å². The number of amides is 2. The zero-order valence-electron chi connectivity index (χ0n) is 13.0. The molecule has 0 aliphatic heterocycles. The third-order valence-electron chi connectivity index (χ3n) is 3.92. The number of carbonyl (C=O) groups excluding carboxylic acids is 2. The summed E-state index contributed by atoms with van der Waals surface area (Å²) in [4.78, 5) is 23.9. The quantitative estimate of drug-likeness (QED) is 0.519. The van der Waals surface area contributed by atoms with Gasteiger partial charge in [0, 0.05) is 25.9 Å². The Labute approximate surface area is 126 Å². The summed E-state index contributed by atoms with van der Waals surface area (Å²) in [5.41, 5.74) is -0.272. The molecule has 0 bridgehead atoms. The molecule has 6 heteroatoms. The van der Waals surface area contributed by atoms with Crippen molar-refractivity contribution in [3.05, 3.63) is 0 Å². The Kier molecular flexibility index (Phi) is 7.11. The first-order valence-electron chi connectivity index (χ1n) is 7.72. The minimum Gasteiger partial charge on any atom is -0.392 e. The molecule has 4 N–H and O–H groups in total. The van der Waals surface area contributed by atoms with Gasteiger partial charge in [0.25, 0.3) is 0 Å². The third kappa shape index (κ3) is 6.91. The number of hydrogen-bond acceptors (Lipinski definition) is 4.